The summed E-state index contributed by atoms with van der Waals surface area (Å²) < 4.78 is 0. The van der Waals surface area contributed by atoms with Crippen molar-refractivity contribution < 1.29 is 34.7 Å². The molecule has 0 amide bonds. The van der Waals surface area contributed by atoms with Gasteiger partial charge in [0.15, 0.2) is 0 Å². The van der Waals surface area contributed by atoms with Crippen LogP contribution in [0.15, 0.2) is 0 Å². The average molecular weight is 139 g/mol. The summed E-state index contributed by atoms with van der Waals surface area (Å²) in [6.45, 7) is 8.04. The van der Waals surface area contributed by atoms with Gasteiger partial charge in [-0.1, -0.05) is 13.8 Å². The maximum Gasteiger partial charge on any atom is 1.00 e. The van der Waals surface area contributed by atoms with Crippen molar-refractivity contribution in [3.05, 3.63) is 6.61 Å². The van der Waals surface area contributed by atoms with E-state index in [2.05, 4.69) is 18.7 Å². The molecule has 1 N–H and O–H groups in total. The van der Waals surface area contributed by atoms with Gasteiger partial charge in [0.1, 0.15) is 0 Å². The van der Waals surface area contributed by atoms with Gasteiger partial charge in [-0.25, -0.2) is 6.61 Å². The molecule has 0 aliphatic carbocycles. The van der Waals surface area contributed by atoms with Gasteiger partial charge >= 0.3 is 29.6 Å². The second kappa shape index (κ2) is 8.92. The number of likely N-dealkylation sites (N-methyl/N-ethyl adjacent to an activating group) is 1. The number of aliphatic hydroxyl groups excluding tert-OH is 1. The molecule has 9 heavy (non-hydrogen) atoms. The Kier molecular flexibility index (Phi) is 12.5. The molecule has 0 aromatic heterocycles. The second-order valence-electron chi connectivity index (χ2n) is 1.67. The molecule has 0 spiro atoms. The molecular formula is C6H14NNaO. The van der Waals surface area contributed by atoms with Gasteiger partial charge in [0.25, 0.3) is 0 Å². The Labute approximate surface area is 79.5 Å². The molecule has 0 aliphatic heterocycles. The predicted molar refractivity (Wildman–Crippen MR) is 34.0 cm³/mol. The first-order chi connectivity index (χ1) is 3.85. The first-order valence-corrected chi connectivity index (χ1v) is 3.03. The van der Waals surface area contributed by atoms with E-state index in [1.165, 1.54) is 6.61 Å². The number of aliphatic hydroxyl groups is 1. The van der Waals surface area contributed by atoms with Gasteiger partial charge in [-0.15, -0.1) is 6.54 Å². The molecule has 0 radical (unpaired) electrons. The van der Waals surface area contributed by atoms with E-state index in [0.717, 1.165) is 13.1 Å². The third-order valence-corrected chi connectivity index (χ3v) is 1.23. The van der Waals surface area contributed by atoms with Crippen LogP contribution in [0, 0.1) is 6.61 Å². The van der Waals surface area contributed by atoms with Crippen molar-refractivity contribution in [2.45, 2.75) is 13.8 Å². The SMILES string of the molecule is CCN(CC)C[CH-]O.[Na+]. The van der Waals surface area contributed by atoms with E-state index < -0.39 is 0 Å². The van der Waals surface area contributed by atoms with Crippen LogP contribution in [0.5, 0.6) is 0 Å². The molecule has 0 bridgehead atoms. The van der Waals surface area contributed by atoms with E-state index >= 15 is 0 Å². The quantitative estimate of drug-likeness (QED) is 0.355. The standard InChI is InChI=1S/C6H14NO.Na/c1-3-7(4-2)5-6-8;/h6,8H,3-5H2,1-2H3;/q-1;+1. The van der Waals surface area contributed by atoms with E-state index in [9.17, 15) is 0 Å². The van der Waals surface area contributed by atoms with Crippen LogP contribution in [0.3, 0.4) is 0 Å². The van der Waals surface area contributed by atoms with Crippen molar-refractivity contribution in [3.8, 4) is 0 Å². The monoisotopic (exact) mass is 139 g/mol. The van der Waals surface area contributed by atoms with E-state index in [1.807, 2.05) is 0 Å². The van der Waals surface area contributed by atoms with Crippen LogP contribution < -0.4 is 29.6 Å². The van der Waals surface area contributed by atoms with E-state index in [1.54, 1.807) is 0 Å². The fourth-order valence-corrected chi connectivity index (χ4v) is 0.597. The largest absolute Gasteiger partial charge is 1.00 e. The molecule has 0 fully saturated rings. The van der Waals surface area contributed by atoms with Crippen LogP contribution in [0.25, 0.3) is 0 Å². The summed E-state index contributed by atoms with van der Waals surface area (Å²) in [7, 11) is 0. The van der Waals surface area contributed by atoms with Crippen molar-refractivity contribution in [2.24, 2.45) is 0 Å². The molecule has 0 atom stereocenters. The maximum absolute atomic E-state index is 8.33. The van der Waals surface area contributed by atoms with Crippen LogP contribution in [0.4, 0.5) is 0 Å². The topological polar surface area (TPSA) is 23.5 Å². The van der Waals surface area contributed by atoms with Crippen LogP contribution >= 0.6 is 0 Å². The van der Waals surface area contributed by atoms with Crippen LogP contribution in [-0.2, 0) is 0 Å². The van der Waals surface area contributed by atoms with Gasteiger partial charge in [-0.2, -0.15) is 0 Å². The van der Waals surface area contributed by atoms with Gasteiger partial charge in [0.05, 0.1) is 0 Å². The summed E-state index contributed by atoms with van der Waals surface area (Å²) in [6.07, 6.45) is 0. The van der Waals surface area contributed by atoms with Crippen molar-refractivity contribution in [1.82, 2.24) is 4.90 Å². The molecule has 0 saturated carbocycles. The molecule has 0 heterocycles. The molecule has 50 valence electrons. The second-order valence-corrected chi connectivity index (χ2v) is 1.67. The third kappa shape index (κ3) is 6.81. The Morgan fingerprint density at radius 2 is 1.78 bits per heavy atom. The molecule has 0 aliphatic rings. The van der Waals surface area contributed by atoms with Crippen molar-refractivity contribution in [2.75, 3.05) is 19.6 Å². The van der Waals surface area contributed by atoms with E-state index in [0.29, 0.717) is 6.54 Å². The summed E-state index contributed by atoms with van der Waals surface area (Å²) in [5.41, 5.74) is 0. The predicted octanol–water partition coefficient (Wildman–Crippen LogP) is -2.13. The first-order valence-electron chi connectivity index (χ1n) is 3.03. The molecule has 0 unspecified atom stereocenters. The minimum atomic E-state index is 0. The Morgan fingerprint density at radius 3 is 1.89 bits per heavy atom. The minimum Gasteiger partial charge on any atom is -0.565 e. The number of nitrogens with zero attached hydrogens (tertiary/aromatic N) is 1. The molecule has 0 aromatic rings. The van der Waals surface area contributed by atoms with Gasteiger partial charge in [-0.05, 0) is 13.1 Å². The van der Waals surface area contributed by atoms with Crippen LogP contribution in [0.2, 0.25) is 0 Å². The zero-order chi connectivity index (χ0) is 6.41. The molecule has 0 saturated heterocycles. The van der Waals surface area contributed by atoms with Crippen molar-refractivity contribution in [1.29, 1.82) is 0 Å². The summed E-state index contributed by atoms with van der Waals surface area (Å²) in [4.78, 5) is 2.12. The molecule has 0 rings (SSSR count). The minimum absolute atomic E-state index is 0. The Balaban J connectivity index is 0. The molecule has 3 heteroatoms. The average Bonchev–Trinajstić information content (AvgIpc) is 1.83. The summed E-state index contributed by atoms with van der Waals surface area (Å²) in [6, 6.07) is 0. The van der Waals surface area contributed by atoms with Gasteiger partial charge in [-0.3, -0.25) is 0 Å². The van der Waals surface area contributed by atoms with Crippen molar-refractivity contribution >= 4 is 0 Å². The summed E-state index contributed by atoms with van der Waals surface area (Å²) >= 11 is 0. The molecular weight excluding hydrogens is 125 g/mol. The number of hydrogen-bond acceptors (Lipinski definition) is 2. The zero-order valence-electron chi connectivity index (χ0n) is 6.59. The molecule has 0 aromatic carbocycles. The maximum atomic E-state index is 8.33. The Hall–Kier alpha value is 0.920. The van der Waals surface area contributed by atoms with Gasteiger partial charge in [0.2, 0.25) is 0 Å². The Bertz CT molecular complexity index is 48.3. The Morgan fingerprint density at radius 1 is 1.33 bits per heavy atom. The van der Waals surface area contributed by atoms with Crippen LogP contribution in [0.1, 0.15) is 13.8 Å². The summed E-state index contributed by atoms with van der Waals surface area (Å²) in [5.74, 6) is 0. The fourth-order valence-electron chi connectivity index (χ4n) is 0.597. The first kappa shape index (κ1) is 12.6. The van der Waals surface area contributed by atoms with E-state index in [-0.39, 0.29) is 29.6 Å². The number of hydrogen-bond donors (Lipinski definition) is 1. The normalized spacial score (nSPS) is 9.33. The molecule has 2 nitrogen and oxygen atoms in total. The number of rotatable bonds is 4. The smallest absolute Gasteiger partial charge is 0.565 e. The third-order valence-electron chi connectivity index (χ3n) is 1.23. The fraction of sp³-hybridized carbons (Fsp3) is 0.833. The van der Waals surface area contributed by atoms with Crippen molar-refractivity contribution in [3.63, 3.8) is 0 Å². The zero-order valence-corrected chi connectivity index (χ0v) is 8.59. The van der Waals surface area contributed by atoms with Crippen LogP contribution in [-0.4, -0.2) is 29.6 Å². The summed E-state index contributed by atoms with van der Waals surface area (Å²) in [5, 5.41) is 8.33. The van der Waals surface area contributed by atoms with E-state index in [4.69, 9.17) is 5.11 Å². The van der Waals surface area contributed by atoms with Gasteiger partial charge in [0, 0.05) is 0 Å². The van der Waals surface area contributed by atoms with Gasteiger partial charge < -0.3 is 10.0 Å².